The van der Waals surface area contributed by atoms with Crippen LogP contribution in [0.25, 0.3) is 0 Å². The number of halogens is 1. The second kappa shape index (κ2) is 6.12. The Kier molecular flexibility index (Phi) is 4.51. The first-order valence-electron chi connectivity index (χ1n) is 6.11. The minimum absolute atomic E-state index is 0.0778. The molecule has 1 aliphatic heterocycles. The number of hydrogen-bond donors (Lipinski definition) is 1. The smallest absolute Gasteiger partial charge is 0.126 e. The minimum Gasteiger partial charge on any atom is -0.381 e. The van der Waals surface area contributed by atoms with E-state index >= 15 is 0 Å². The van der Waals surface area contributed by atoms with E-state index in [-0.39, 0.29) is 11.9 Å². The SMILES string of the molecule is COC(Cc1ccccc1F)C1[CH]CNCC1. The average Bonchev–Trinajstić information content (AvgIpc) is 2.39. The molecule has 0 spiro atoms. The highest BCUT2D eigenvalue weighted by atomic mass is 19.1. The molecule has 3 heteroatoms. The Labute approximate surface area is 102 Å². The molecular weight excluding hydrogens is 217 g/mol. The van der Waals surface area contributed by atoms with Gasteiger partial charge < -0.3 is 10.1 Å². The summed E-state index contributed by atoms with van der Waals surface area (Å²) in [7, 11) is 1.71. The van der Waals surface area contributed by atoms with Crippen molar-refractivity contribution in [1.82, 2.24) is 5.32 Å². The number of hydrogen-bond acceptors (Lipinski definition) is 2. The molecular formula is C14H19FNO. The summed E-state index contributed by atoms with van der Waals surface area (Å²) in [6.07, 6.45) is 4.02. The van der Waals surface area contributed by atoms with E-state index in [4.69, 9.17) is 4.74 Å². The zero-order valence-corrected chi connectivity index (χ0v) is 10.2. The maximum Gasteiger partial charge on any atom is 0.126 e. The van der Waals surface area contributed by atoms with Crippen molar-refractivity contribution in [2.75, 3.05) is 20.2 Å². The predicted octanol–water partition coefficient (Wildman–Crippen LogP) is 2.20. The number of piperidine rings is 1. The van der Waals surface area contributed by atoms with Gasteiger partial charge in [-0.3, -0.25) is 0 Å². The summed E-state index contributed by atoms with van der Waals surface area (Å²) < 4.78 is 19.1. The quantitative estimate of drug-likeness (QED) is 0.865. The van der Waals surface area contributed by atoms with Crippen LogP contribution in [0.15, 0.2) is 24.3 Å². The summed E-state index contributed by atoms with van der Waals surface area (Å²) >= 11 is 0. The lowest BCUT2D eigenvalue weighted by atomic mass is 9.88. The van der Waals surface area contributed by atoms with Gasteiger partial charge in [-0.25, -0.2) is 4.39 Å². The number of nitrogens with one attached hydrogen (secondary N) is 1. The van der Waals surface area contributed by atoms with Gasteiger partial charge in [0.25, 0.3) is 0 Å². The molecule has 1 fully saturated rings. The molecule has 1 aromatic carbocycles. The molecule has 1 radical (unpaired) electrons. The van der Waals surface area contributed by atoms with Gasteiger partial charge in [-0.2, -0.15) is 0 Å². The summed E-state index contributed by atoms with van der Waals surface area (Å²) in [6.45, 7) is 1.93. The fraction of sp³-hybridized carbons (Fsp3) is 0.500. The van der Waals surface area contributed by atoms with Crippen LogP contribution >= 0.6 is 0 Å². The molecule has 2 atom stereocenters. The predicted molar refractivity (Wildman–Crippen MR) is 66.2 cm³/mol. The molecule has 1 aliphatic rings. The Hall–Kier alpha value is -0.930. The second-order valence-corrected chi connectivity index (χ2v) is 4.46. The maximum absolute atomic E-state index is 13.6. The highest BCUT2D eigenvalue weighted by Gasteiger charge is 2.24. The molecule has 1 saturated heterocycles. The third-order valence-electron chi connectivity index (χ3n) is 3.38. The monoisotopic (exact) mass is 236 g/mol. The topological polar surface area (TPSA) is 21.3 Å². The van der Waals surface area contributed by atoms with Crippen molar-refractivity contribution in [3.05, 3.63) is 42.1 Å². The average molecular weight is 236 g/mol. The third-order valence-corrected chi connectivity index (χ3v) is 3.38. The van der Waals surface area contributed by atoms with Crippen LogP contribution in [0, 0.1) is 18.2 Å². The number of rotatable bonds is 4. The fourth-order valence-corrected chi connectivity index (χ4v) is 2.35. The molecule has 17 heavy (non-hydrogen) atoms. The van der Waals surface area contributed by atoms with Gasteiger partial charge in [0.05, 0.1) is 6.10 Å². The number of methoxy groups -OCH3 is 1. The molecule has 0 aromatic heterocycles. The van der Waals surface area contributed by atoms with Gasteiger partial charge in [0, 0.05) is 13.5 Å². The van der Waals surface area contributed by atoms with E-state index in [1.165, 1.54) is 6.07 Å². The Balaban J connectivity index is 2.01. The maximum atomic E-state index is 13.6. The molecule has 0 aliphatic carbocycles. The number of ether oxygens (including phenoxy) is 1. The van der Waals surface area contributed by atoms with Crippen molar-refractivity contribution in [2.24, 2.45) is 5.92 Å². The lowest BCUT2D eigenvalue weighted by Gasteiger charge is -2.29. The van der Waals surface area contributed by atoms with Gasteiger partial charge in [0.2, 0.25) is 0 Å². The molecule has 0 amide bonds. The molecule has 2 unspecified atom stereocenters. The van der Waals surface area contributed by atoms with Crippen LogP contribution in [0.4, 0.5) is 4.39 Å². The van der Waals surface area contributed by atoms with Crippen molar-refractivity contribution in [1.29, 1.82) is 0 Å². The van der Waals surface area contributed by atoms with Crippen LogP contribution in [0.5, 0.6) is 0 Å². The second-order valence-electron chi connectivity index (χ2n) is 4.46. The fourth-order valence-electron chi connectivity index (χ4n) is 2.35. The van der Waals surface area contributed by atoms with Gasteiger partial charge in [0.1, 0.15) is 5.82 Å². The summed E-state index contributed by atoms with van der Waals surface area (Å²) in [5.41, 5.74) is 0.742. The Morgan fingerprint density at radius 1 is 1.47 bits per heavy atom. The highest BCUT2D eigenvalue weighted by molar-refractivity contribution is 5.18. The molecule has 1 N–H and O–H groups in total. The van der Waals surface area contributed by atoms with Crippen LogP contribution in [0.3, 0.4) is 0 Å². The van der Waals surface area contributed by atoms with Crippen molar-refractivity contribution < 1.29 is 9.13 Å². The van der Waals surface area contributed by atoms with Crippen LogP contribution < -0.4 is 5.32 Å². The molecule has 0 bridgehead atoms. The highest BCUT2D eigenvalue weighted by Crippen LogP contribution is 2.22. The van der Waals surface area contributed by atoms with E-state index in [2.05, 4.69) is 11.7 Å². The van der Waals surface area contributed by atoms with Crippen molar-refractivity contribution in [3.8, 4) is 0 Å². The molecule has 2 rings (SSSR count). The van der Waals surface area contributed by atoms with E-state index in [1.807, 2.05) is 12.1 Å². The van der Waals surface area contributed by atoms with Crippen molar-refractivity contribution in [3.63, 3.8) is 0 Å². The molecule has 93 valence electrons. The molecule has 2 nitrogen and oxygen atoms in total. The van der Waals surface area contributed by atoms with Crippen molar-refractivity contribution >= 4 is 0 Å². The Morgan fingerprint density at radius 2 is 2.29 bits per heavy atom. The lowest BCUT2D eigenvalue weighted by molar-refractivity contribution is 0.0555. The lowest BCUT2D eigenvalue weighted by Crippen LogP contribution is -2.36. The Bertz CT molecular complexity index is 350. The van der Waals surface area contributed by atoms with Gasteiger partial charge in [-0.05, 0) is 43.5 Å². The van der Waals surface area contributed by atoms with Crippen LogP contribution in [-0.4, -0.2) is 26.3 Å². The first kappa shape index (κ1) is 12.5. The zero-order chi connectivity index (χ0) is 12.1. The van der Waals surface area contributed by atoms with Crippen LogP contribution in [0.1, 0.15) is 12.0 Å². The molecule has 1 heterocycles. The van der Waals surface area contributed by atoms with Crippen LogP contribution in [-0.2, 0) is 11.2 Å². The molecule has 1 aromatic rings. The zero-order valence-electron chi connectivity index (χ0n) is 10.2. The van der Waals surface area contributed by atoms with Crippen LogP contribution in [0.2, 0.25) is 0 Å². The summed E-state index contributed by atoms with van der Waals surface area (Å²) in [5.74, 6) is 0.282. The normalized spacial score (nSPS) is 19.2. The first-order valence-corrected chi connectivity index (χ1v) is 6.11. The minimum atomic E-state index is -0.136. The summed E-state index contributed by atoms with van der Waals surface area (Å²) in [6, 6.07) is 6.94. The Morgan fingerprint density at radius 3 is 2.94 bits per heavy atom. The molecule has 0 saturated carbocycles. The van der Waals surface area contributed by atoms with E-state index < -0.39 is 0 Å². The summed E-state index contributed by atoms with van der Waals surface area (Å²) in [5, 5.41) is 3.28. The number of benzene rings is 1. The van der Waals surface area contributed by atoms with Gasteiger partial charge in [-0.15, -0.1) is 0 Å². The van der Waals surface area contributed by atoms with E-state index in [1.54, 1.807) is 13.2 Å². The largest absolute Gasteiger partial charge is 0.381 e. The van der Waals surface area contributed by atoms with E-state index in [0.717, 1.165) is 25.1 Å². The standard InChI is InChI=1S/C14H19FNO/c1-17-14(11-6-8-16-9-7-11)10-12-4-2-3-5-13(12)15/h2-6,11,14,16H,7-10H2,1H3. The third kappa shape index (κ3) is 3.27. The first-order chi connectivity index (χ1) is 8.31. The van der Waals surface area contributed by atoms with Gasteiger partial charge in [-0.1, -0.05) is 18.2 Å². The summed E-state index contributed by atoms with van der Waals surface area (Å²) in [4.78, 5) is 0. The van der Waals surface area contributed by atoms with E-state index in [9.17, 15) is 4.39 Å². The van der Waals surface area contributed by atoms with Gasteiger partial charge >= 0.3 is 0 Å². The van der Waals surface area contributed by atoms with E-state index in [0.29, 0.717) is 12.3 Å². The van der Waals surface area contributed by atoms with Gasteiger partial charge in [0.15, 0.2) is 0 Å². The van der Waals surface area contributed by atoms with Crippen molar-refractivity contribution in [2.45, 2.75) is 18.9 Å².